The zero-order chi connectivity index (χ0) is 58.9. The molecule has 0 radical (unpaired) electrons. The van der Waals surface area contributed by atoms with Crippen LogP contribution in [-0.2, 0) is 66.3 Å². The lowest BCUT2D eigenvalue weighted by Gasteiger charge is -2.50. The van der Waals surface area contributed by atoms with Gasteiger partial charge in [-0.1, -0.05) is 10.2 Å². The molecule has 464 valence electrons. The number of azide groups is 2. The number of hydrogen-bond donors (Lipinski definition) is 19. The molecule has 39 nitrogen and oxygen atoms in total. The molecule has 21 heterocycles. The van der Waals surface area contributed by atoms with Crippen LogP contribution in [0.25, 0.3) is 20.9 Å². The highest BCUT2D eigenvalue weighted by Gasteiger charge is 2.59. The van der Waals surface area contributed by atoms with Crippen molar-refractivity contribution >= 4 is 0 Å². The second-order valence-electron chi connectivity index (χ2n) is 20.1. The van der Waals surface area contributed by atoms with Crippen LogP contribution in [-0.4, -0.2) is 358 Å². The van der Waals surface area contributed by atoms with Crippen LogP contribution < -0.4 is 0 Å². The van der Waals surface area contributed by atoms with E-state index in [4.69, 9.17) is 66.3 Å². The molecule has 0 aliphatic carbocycles. The van der Waals surface area contributed by atoms with Gasteiger partial charge in [0.25, 0.3) is 0 Å². The van der Waals surface area contributed by atoms with Crippen molar-refractivity contribution in [2.45, 2.75) is 215 Å². The van der Waals surface area contributed by atoms with Crippen molar-refractivity contribution in [3.63, 3.8) is 0 Å². The lowest BCUT2D eigenvalue weighted by atomic mass is 9.94. The fourth-order valence-electron chi connectivity index (χ4n) is 10.8. The summed E-state index contributed by atoms with van der Waals surface area (Å²) in [6.45, 7) is -7.49. The predicted molar refractivity (Wildman–Crippen MR) is 242 cm³/mol. The summed E-state index contributed by atoms with van der Waals surface area (Å²) >= 11 is 0. The van der Waals surface area contributed by atoms with Gasteiger partial charge in [-0.2, -0.15) is 0 Å². The molecule has 19 N–H and O–H groups in total. The average Bonchev–Trinajstić information content (AvgIpc) is 3.47. The van der Waals surface area contributed by atoms with Crippen molar-refractivity contribution in [1.29, 1.82) is 0 Å². The zero-order valence-corrected chi connectivity index (χ0v) is 42.1. The van der Waals surface area contributed by atoms with Crippen LogP contribution >= 0.6 is 0 Å². The van der Waals surface area contributed by atoms with Crippen LogP contribution in [0.5, 0.6) is 0 Å². The zero-order valence-electron chi connectivity index (χ0n) is 42.1. The Morgan fingerprint density at radius 3 is 0.568 bits per heavy atom. The smallest absolute Gasteiger partial charge is 0.187 e. The summed E-state index contributed by atoms with van der Waals surface area (Å²) in [6.07, 6.45) is -66.6. The molecule has 0 saturated carbocycles. The third-order valence-corrected chi connectivity index (χ3v) is 15.2. The topological polar surface area (TPSA) is 611 Å². The third-order valence-electron chi connectivity index (χ3n) is 15.2. The van der Waals surface area contributed by atoms with Crippen molar-refractivity contribution in [3.05, 3.63) is 20.9 Å². The summed E-state index contributed by atoms with van der Waals surface area (Å²) in [6, 6.07) is -3.81. The van der Waals surface area contributed by atoms with Crippen molar-refractivity contribution in [2.75, 3.05) is 46.2 Å². The molecule has 0 unspecified atom stereocenters. The van der Waals surface area contributed by atoms with Crippen LogP contribution in [0.2, 0.25) is 0 Å². The normalized spacial score (nSPS) is 52.9. The van der Waals surface area contributed by atoms with Gasteiger partial charge < -0.3 is 163 Å². The Morgan fingerprint density at radius 1 is 0.235 bits per heavy atom. The van der Waals surface area contributed by atoms with Gasteiger partial charge in [0.1, 0.15) is 159 Å². The Labute approximate surface area is 455 Å². The molecule has 0 aromatic heterocycles. The van der Waals surface area contributed by atoms with E-state index in [9.17, 15) is 108 Å². The van der Waals surface area contributed by atoms with Crippen LogP contribution in [0.3, 0.4) is 0 Å². The van der Waals surface area contributed by atoms with Gasteiger partial charge in [-0.15, -0.1) is 0 Å². The molecule has 21 rings (SSSR count). The predicted octanol–water partition coefficient (Wildman–Crippen LogP) is -12.6. The first kappa shape index (κ1) is 64.3. The van der Waals surface area contributed by atoms with E-state index in [1.165, 1.54) is 0 Å². The molecule has 14 bridgehead atoms. The molecule has 81 heavy (non-hydrogen) atoms. The largest absolute Gasteiger partial charge is 0.394 e. The van der Waals surface area contributed by atoms with Crippen molar-refractivity contribution in [3.8, 4) is 0 Å². The minimum Gasteiger partial charge on any atom is -0.394 e. The Morgan fingerprint density at radius 2 is 0.395 bits per heavy atom. The number of ether oxygens (including phenoxy) is 14. The second kappa shape index (κ2) is 27.8. The maximum absolute atomic E-state index is 11.6. The summed E-state index contributed by atoms with van der Waals surface area (Å²) in [5, 5.41) is 217. The summed E-state index contributed by atoms with van der Waals surface area (Å²) in [4.78, 5) is 5.39. The summed E-state index contributed by atoms with van der Waals surface area (Å²) in [7, 11) is 0. The minimum atomic E-state index is -2.25. The van der Waals surface area contributed by atoms with Crippen LogP contribution in [0.15, 0.2) is 10.2 Å². The maximum Gasteiger partial charge on any atom is 0.187 e. The van der Waals surface area contributed by atoms with Gasteiger partial charge in [0, 0.05) is 9.82 Å². The van der Waals surface area contributed by atoms with E-state index in [0.29, 0.717) is 0 Å². The molecular formula is C42H68N6O33. The monoisotopic (exact) mass is 1180 g/mol. The van der Waals surface area contributed by atoms with Crippen LogP contribution in [0, 0.1) is 0 Å². The molecule has 0 aromatic rings. The Kier molecular flexibility index (Phi) is 22.0. The van der Waals surface area contributed by atoms with Gasteiger partial charge in [0.15, 0.2) is 44.0 Å². The molecule has 21 aliphatic rings. The van der Waals surface area contributed by atoms with Crippen molar-refractivity contribution < 1.29 is 163 Å². The number of aliphatic hydroxyl groups excluding tert-OH is 19. The lowest BCUT2D eigenvalue weighted by Crippen LogP contribution is -2.68. The minimum absolute atomic E-state index is 1.06. The van der Waals surface area contributed by atoms with E-state index < -0.39 is 261 Å². The van der Waals surface area contributed by atoms with Gasteiger partial charge in [-0.25, -0.2) is 0 Å². The number of aliphatic hydroxyl groups is 19. The van der Waals surface area contributed by atoms with Gasteiger partial charge >= 0.3 is 0 Å². The van der Waals surface area contributed by atoms with Crippen LogP contribution in [0.4, 0.5) is 0 Å². The van der Waals surface area contributed by atoms with E-state index in [0.717, 1.165) is 0 Å². The summed E-state index contributed by atoms with van der Waals surface area (Å²) in [5.74, 6) is 0. The molecule has 0 spiro atoms. The highest BCUT2D eigenvalue weighted by atomic mass is 16.8. The molecule has 21 saturated heterocycles. The van der Waals surface area contributed by atoms with E-state index >= 15 is 0 Å². The first-order valence-corrected chi connectivity index (χ1v) is 25.4. The van der Waals surface area contributed by atoms with Gasteiger partial charge in [0.2, 0.25) is 0 Å². The Bertz CT molecular complexity index is 2080. The van der Waals surface area contributed by atoms with E-state index in [2.05, 4.69) is 20.1 Å². The highest BCUT2D eigenvalue weighted by Crippen LogP contribution is 2.39. The van der Waals surface area contributed by atoms with Crippen molar-refractivity contribution in [2.24, 2.45) is 10.2 Å². The molecule has 0 aromatic carbocycles. The SMILES string of the molecule is [N-]=[N+]=N[C@@H]1[C@@H](O)[C@H]2O[C@H]3[C@H](O)[C@H](O)[C@@H](O[C@H]4[C@@H](N=[N+]=[N-])[C@@H](O)[C@@H](O[C@H]5[C@H](O)[C@H](O)[C@@H](O[C@H]6[C@H](O)[C@@H](O)[C@@H](O[C@H]7[C@H](O)[C@@H](O)[C@@H](O[C@H]8[C@H](O)[C@@H](O)[C@@H](O[C@@H]1[C@@H](CO)O2)O[C@@H]8CO)O[C@@H]7CO)O[C@@H]6CO)O[C@@H]5CO)O[C@@H]4CO)O[C@@H]3CO. The number of hydrogen-bond acceptors (Lipinski definition) is 35. The highest BCUT2D eigenvalue weighted by molar-refractivity contribution is 5.03. The third kappa shape index (κ3) is 12.8. The van der Waals surface area contributed by atoms with Crippen LogP contribution in [0.1, 0.15) is 0 Å². The maximum atomic E-state index is 11.6. The number of nitrogens with zero attached hydrogens (tertiary/aromatic N) is 6. The van der Waals surface area contributed by atoms with E-state index in [1.54, 1.807) is 0 Å². The Hall–Kier alpha value is -2.70. The lowest BCUT2D eigenvalue weighted by molar-refractivity contribution is -0.394. The van der Waals surface area contributed by atoms with Gasteiger partial charge in [0.05, 0.1) is 58.3 Å². The molecule has 39 heteroatoms. The average molecular weight is 1190 g/mol. The van der Waals surface area contributed by atoms with Gasteiger partial charge in [-0.05, 0) is 11.1 Å². The summed E-state index contributed by atoms with van der Waals surface area (Å²) < 4.78 is 80.4. The van der Waals surface area contributed by atoms with E-state index in [-0.39, 0.29) is 0 Å². The molecule has 21 aliphatic heterocycles. The fourth-order valence-corrected chi connectivity index (χ4v) is 10.8. The summed E-state index contributed by atoms with van der Waals surface area (Å²) in [5.41, 5.74) is 19.2. The van der Waals surface area contributed by atoms with Crippen molar-refractivity contribution in [1.82, 2.24) is 0 Å². The second-order valence-corrected chi connectivity index (χ2v) is 20.1. The number of rotatable bonds is 9. The quantitative estimate of drug-likeness (QED) is 0.0579. The first-order chi connectivity index (χ1) is 38.7. The fraction of sp³-hybridized carbons (Fsp3) is 1.00. The molecular weight excluding hydrogens is 1120 g/mol. The van der Waals surface area contributed by atoms with E-state index in [1.807, 2.05) is 0 Å². The van der Waals surface area contributed by atoms with Gasteiger partial charge in [-0.3, -0.25) is 0 Å². The standard InChI is InChI=1S/C42H68N6O33/c43-47-45-15-17(56)36-68-9(2-50)30(15)76-39-25(64)20(59)33(12(5-53)71-39)79-41-27(66)22(61)35(14(7-55)73-41)81-42-28(67)23(62)34(13(6-54)74-42)80-40-26(65)21(60)32(11(4-52)72-40)78-37-18(57)16(46-48-44)29(8(1-49)69-37)75-38-24(63)19(58)31(77-36)10(3-51)70-38/h8-42,49-67H,1-7H2/t8-,9-,10-,11-,12-,13-,14-,15-,16+,17-,18-,19-,20-,21-,22-,23-,24+,25-,26+,27-,28-,29-,30-,31-,32-,33-,34-,35-,36-,37-,38-,39-,40-,41-,42-/m1/s1. The molecule has 21 fully saturated rings. The molecule has 35 atom stereocenters. The first-order valence-electron chi connectivity index (χ1n) is 25.4. The molecule has 0 amide bonds. The Balaban J connectivity index is 1.11.